The Morgan fingerprint density at radius 3 is 2.38 bits per heavy atom. The van der Waals surface area contributed by atoms with E-state index in [1.807, 2.05) is 30.3 Å². The minimum atomic E-state index is 0.205. The van der Waals surface area contributed by atoms with Gasteiger partial charge in [-0.05, 0) is 56.0 Å². The van der Waals surface area contributed by atoms with Gasteiger partial charge in [0.25, 0.3) is 0 Å². The lowest BCUT2D eigenvalue weighted by Gasteiger charge is -2.24. The summed E-state index contributed by atoms with van der Waals surface area (Å²) in [4.78, 5) is 16.1. The summed E-state index contributed by atoms with van der Waals surface area (Å²) in [7, 11) is 0. The molecule has 0 aliphatic rings. The lowest BCUT2D eigenvalue weighted by Crippen LogP contribution is -2.24. The second-order valence-electron chi connectivity index (χ2n) is 5.93. The molecule has 0 heterocycles. The van der Waals surface area contributed by atoms with Crippen LogP contribution in [0.1, 0.15) is 48.7 Å². The molecule has 0 bridgehead atoms. The Morgan fingerprint density at radius 2 is 1.75 bits per heavy atom. The van der Waals surface area contributed by atoms with E-state index in [1.54, 1.807) is 0 Å². The highest BCUT2D eigenvalue weighted by atomic mass is 32.1. The van der Waals surface area contributed by atoms with Gasteiger partial charge < -0.3 is 4.90 Å². The van der Waals surface area contributed by atoms with E-state index in [9.17, 15) is 4.79 Å². The Kier molecular flexibility index (Phi) is 6.92. The van der Waals surface area contributed by atoms with Crippen LogP contribution in [-0.2, 0) is 12.8 Å². The third-order valence-electron chi connectivity index (χ3n) is 4.49. The Bertz CT molecular complexity index is 692. The molecular weight excluding hydrogens is 314 g/mol. The second-order valence-corrected chi connectivity index (χ2v) is 6.41. The molecule has 0 spiro atoms. The number of ketones is 1. The van der Waals surface area contributed by atoms with E-state index in [-0.39, 0.29) is 5.78 Å². The standard InChI is InChI=1S/C21H27NOS/c1-4-16-11-13-18(19(15-16)22(5-2)6-3)20(23)14-12-17-9-7-8-10-21(17)24/h7-11,13,15,24H,4-6,12,14H2,1-3H3. The summed E-state index contributed by atoms with van der Waals surface area (Å²) >= 11 is 4.48. The molecule has 2 aromatic carbocycles. The van der Waals surface area contributed by atoms with Crippen molar-refractivity contribution in [3.63, 3.8) is 0 Å². The molecule has 24 heavy (non-hydrogen) atoms. The molecule has 0 saturated carbocycles. The van der Waals surface area contributed by atoms with Gasteiger partial charge in [0.2, 0.25) is 0 Å². The number of nitrogens with zero attached hydrogens (tertiary/aromatic N) is 1. The molecular formula is C21H27NOS. The fraction of sp³-hybridized carbons (Fsp3) is 0.381. The normalized spacial score (nSPS) is 10.7. The van der Waals surface area contributed by atoms with Gasteiger partial charge in [-0.3, -0.25) is 4.79 Å². The predicted octanol–water partition coefficient (Wildman–Crippen LogP) is 5.20. The highest BCUT2D eigenvalue weighted by Gasteiger charge is 2.16. The van der Waals surface area contributed by atoms with Crippen molar-refractivity contribution in [3.05, 3.63) is 59.2 Å². The molecule has 0 radical (unpaired) electrons. The van der Waals surface area contributed by atoms with Crippen LogP contribution in [0.15, 0.2) is 47.4 Å². The minimum absolute atomic E-state index is 0.205. The molecule has 2 aromatic rings. The largest absolute Gasteiger partial charge is 0.371 e. The number of carbonyl (C=O) groups is 1. The van der Waals surface area contributed by atoms with Crippen molar-refractivity contribution in [3.8, 4) is 0 Å². The number of hydrogen-bond acceptors (Lipinski definition) is 3. The Morgan fingerprint density at radius 1 is 1.04 bits per heavy atom. The molecule has 0 aliphatic heterocycles. The summed E-state index contributed by atoms with van der Waals surface area (Å²) in [5.41, 5.74) is 4.31. The number of carbonyl (C=O) groups excluding carboxylic acids is 1. The molecule has 0 N–H and O–H groups in total. The topological polar surface area (TPSA) is 20.3 Å². The van der Waals surface area contributed by atoms with E-state index in [2.05, 4.69) is 50.4 Å². The van der Waals surface area contributed by atoms with Crippen LogP contribution in [0.2, 0.25) is 0 Å². The lowest BCUT2D eigenvalue weighted by molar-refractivity contribution is 0.0983. The predicted molar refractivity (Wildman–Crippen MR) is 106 cm³/mol. The summed E-state index contributed by atoms with van der Waals surface area (Å²) < 4.78 is 0. The number of Topliss-reactive ketones (excluding diaryl/α,β-unsaturated/α-hetero) is 1. The maximum Gasteiger partial charge on any atom is 0.165 e. The molecule has 0 saturated heterocycles. The monoisotopic (exact) mass is 341 g/mol. The zero-order valence-corrected chi connectivity index (χ0v) is 15.8. The lowest BCUT2D eigenvalue weighted by atomic mass is 9.98. The van der Waals surface area contributed by atoms with Gasteiger partial charge >= 0.3 is 0 Å². The van der Waals surface area contributed by atoms with Gasteiger partial charge in [0.1, 0.15) is 0 Å². The Hall–Kier alpha value is -1.74. The number of aryl methyl sites for hydroxylation is 2. The molecule has 0 unspecified atom stereocenters. The van der Waals surface area contributed by atoms with Gasteiger partial charge in [0.15, 0.2) is 5.78 Å². The van der Waals surface area contributed by atoms with Crippen molar-refractivity contribution >= 4 is 24.1 Å². The third kappa shape index (κ3) is 4.41. The number of hydrogen-bond donors (Lipinski definition) is 1. The summed E-state index contributed by atoms with van der Waals surface area (Å²) in [6.45, 7) is 8.22. The first kappa shape index (κ1) is 18.6. The van der Waals surface area contributed by atoms with Crippen LogP contribution in [0.3, 0.4) is 0 Å². The maximum absolute atomic E-state index is 12.8. The quantitative estimate of drug-likeness (QED) is 0.526. The molecule has 2 rings (SSSR count). The van der Waals surface area contributed by atoms with E-state index < -0.39 is 0 Å². The maximum atomic E-state index is 12.8. The molecule has 0 amide bonds. The number of benzene rings is 2. The van der Waals surface area contributed by atoms with Gasteiger partial charge in [-0.1, -0.05) is 31.2 Å². The van der Waals surface area contributed by atoms with Crippen LogP contribution in [-0.4, -0.2) is 18.9 Å². The first-order valence-electron chi connectivity index (χ1n) is 8.78. The van der Waals surface area contributed by atoms with E-state index >= 15 is 0 Å². The van der Waals surface area contributed by atoms with Crippen molar-refractivity contribution < 1.29 is 4.79 Å². The zero-order valence-electron chi connectivity index (χ0n) is 14.9. The highest BCUT2D eigenvalue weighted by molar-refractivity contribution is 7.80. The summed E-state index contributed by atoms with van der Waals surface area (Å²) in [6.07, 6.45) is 2.22. The van der Waals surface area contributed by atoms with Crippen LogP contribution in [0.4, 0.5) is 5.69 Å². The Balaban J connectivity index is 2.23. The SMILES string of the molecule is CCc1ccc(C(=O)CCc2ccccc2S)c(N(CC)CC)c1. The molecule has 0 aromatic heterocycles. The highest BCUT2D eigenvalue weighted by Crippen LogP contribution is 2.25. The summed E-state index contributed by atoms with van der Waals surface area (Å²) in [5.74, 6) is 0.205. The van der Waals surface area contributed by atoms with Crippen molar-refractivity contribution in [1.82, 2.24) is 0 Å². The third-order valence-corrected chi connectivity index (χ3v) is 4.92. The average Bonchev–Trinajstić information content (AvgIpc) is 2.61. The first-order valence-corrected chi connectivity index (χ1v) is 9.23. The second kappa shape index (κ2) is 8.93. The van der Waals surface area contributed by atoms with Crippen molar-refractivity contribution in [1.29, 1.82) is 0 Å². The van der Waals surface area contributed by atoms with Crippen LogP contribution in [0.5, 0.6) is 0 Å². The summed E-state index contributed by atoms with van der Waals surface area (Å²) in [5, 5.41) is 0. The van der Waals surface area contributed by atoms with E-state index in [4.69, 9.17) is 0 Å². The van der Waals surface area contributed by atoms with Gasteiger partial charge in [0.05, 0.1) is 0 Å². The molecule has 0 atom stereocenters. The molecule has 3 heteroatoms. The fourth-order valence-electron chi connectivity index (χ4n) is 2.96. The van der Waals surface area contributed by atoms with Crippen molar-refractivity contribution in [2.24, 2.45) is 0 Å². The van der Waals surface area contributed by atoms with Gasteiger partial charge in [-0.15, -0.1) is 12.6 Å². The van der Waals surface area contributed by atoms with Crippen molar-refractivity contribution in [2.45, 2.75) is 44.9 Å². The zero-order chi connectivity index (χ0) is 17.5. The number of anilines is 1. The van der Waals surface area contributed by atoms with Gasteiger partial charge in [-0.2, -0.15) is 0 Å². The first-order chi connectivity index (χ1) is 11.6. The average molecular weight is 342 g/mol. The van der Waals surface area contributed by atoms with E-state index in [0.29, 0.717) is 6.42 Å². The summed E-state index contributed by atoms with van der Waals surface area (Å²) in [6, 6.07) is 14.2. The van der Waals surface area contributed by atoms with E-state index in [1.165, 1.54) is 5.56 Å². The van der Waals surface area contributed by atoms with Crippen LogP contribution >= 0.6 is 12.6 Å². The van der Waals surface area contributed by atoms with Crippen LogP contribution in [0.25, 0.3) is 0 Å². The molecule has 0 aliphatic carbocycles. The molecule has 2 nitrogen and oxygen atoms in total. The molecule has 0 fully saturated rings. The number of rotatable bonds is 8. The smallest absolute Gasteiger partial charge is 0.165 e. The minimum Gasteiger partial charge on any atom is -0.371 e. The Labute approximate surface area is 151 Å². The van der Waals surface area contributed by atoms with E-state index in [0.717, 1.165) is 47.6 Å². The fourth-order valence-corrected chi connectivity index (χ4v) is 3.24. The van der Waals surface area contributed by atoms with Gasteiger partial charge in [-0.25, -0.2) is 0 Å². The van der Waals surface area contributed by atoms with Crippen LogP contribution in [0, 0.1) is 0 Å². The van der Waals surface area contributed by atoms with Crippen molar-refractivity contribution in [2.75, 3.05) is 18.0 Å². The molecule has 128 valence electrons. The number of thiol groups is 1. The van der Waals surface area contributed by atoms with Gasteiger partial charge in [0, 0.05) is 35.7 Å². The van der Waals surface area contributed by atoms with Crippen LogP contribution < -0.4 is 4.90 Å².